The zero-order valence-electron chi connectivity index (χ0n) is 18.9. The number of Topliss-reactive ketones (excluding diaryl/α,β-unsaturated/α-hetero) is 1. The van der Waals surface area contributed by atoms with Gasteiger partial charge in [-0.3, -0.25) is 14.5 Å². The molecule has 1 amide bonds. The number of amides is 1. The van der Waals surface area contributed by atoms with E-state index < -0.39 is 5.92 Å². The third kappa shape index (κ3) is 4.32. The molecule has 2 unspecified atom stereocenters. The van der Waals surface area contributed by atoms with Gasteiger partial charge >= 0.3 is 0 Å². The lowest BCUT2D eigenvalue weighted by Gasteiger charge is -2.33. The minimum Gasteiger partial charge on any atom is -0.508 e. The van der Waals surface area contributed by atoms with Gasteiger partial charge in [0, 0.05) is 23.7 Å². The molecule has 0 aromatic heterocycles. The number of carbonyl (C=O) groups is 2. The fraction of sp³-hybridized carbons (Fsp3) is 0.577. The van der Waals surface area contributed by atoms with E-state index in [2.05, 4.69) is 13.8 Å². The van der Waals surface area contributed by atoms with Crippen LogP contribution in [-0.2, 0) is 16.0 Å². The Morgan fingerprint density at radius 3 is 2.35 bits per heavy atom. The van der Waals surface area contributed by atoms with Crippen molar-refractivity contribution < 1.29 is 14.7 Å². The van der Waals surface area contributed by atoms with Gasteiger partial charge in [0.1, 0.15) is 17.5 Å². The van der Waals surface area contributed by atoms with Crippen molar-refractivity contribution >= 4 is 17.4 Å². The number of aromatic hydroxyl groups is 1. The molecule has 1 N–H and O–H groups in total. The third-order valence-corrected chi connectivity index (χ3v) is 6.95. The Hall–Kier alpha value is -2.43. The van der Waals surface area contributed by atoms with Crippen molar-refractivity contribution in [1.82, 2.24) is 4.90 Å². The molecule has 2 atom stereocenters. The fourth-order valence-corrected chi connectivity index (χ4v) is 5.36. The Morgan fingerprint density at radius 2 is 1.74 bits per heavy atom. The first kappa shape index (κ1) is 21.8. The van der Waals surface area contributed by atoms with Crippen LogP contribution < -0.4 is 0 Å². The molecule has 1 aliphatic carbocycles. The van der Waals surface area contributed by atoms with Crippen molar-refractivity contribution in [3.63, 3.8) is 0 Å². The standard InChI is InChI=1S/C26H34N2O3/c1-4-20-24(30)23-21(13-18-9-11-19(29)12-10-18)22(14-17-7-5-6-8-17)27-25(23)28(26(20)31)15-16(2)3/h9-12,16-17,20-21,29H,4-8,13-15H2,1-3H3. The van der Waals surface area contributed by atoms with Crippen molar-refractivity contribution in [3.8, 4) is 5.75 Å². The van der Waals surface area contributed by atoms with Gasteiger partial charge in [-0.15, -0.1) is 0 Å². The Bertz CT molecular complexity index is 907. The zero-order chi connectivity index (χ0) is 22.1. The molecule has 1 aromatic carbocycles. The van der Waals surface area contributed by atoms with E-state index in [0.29, 0.717) is 37.0 Å². The summed E-state index contributed by atoms with van der Waals surface area (Å²) in [5.41, 5.74) is 2.88. The second kappa shape index (κ2) is 8.97. The molecule has 2 heterocycles. The summed E-state index contributed by atoms with van der Waals surface area (Å²) < 4.78 is 0. The first-order chi connectivity index (χ1) is 14.9. The Balaban J connectivity index is 1.73. The molecule has 0 spiro atoms. The molecule has 0 radical (unpaired) electrons. The summed E-state index contributed by atoms with van der Waals surface area (Å²) >= 11 is 0. The van der Waals surface area contributed by atoms with Crippen LogP contribution >= 0.6 is 0 Å². The number of benzene rings is 1. The number of allylic oxidation sites excluding steroid dienone is 1. The highest BCUT2D eigenvalue weighted by molar-refractivity contribution is 6.17. The summed E-state index contributed by atoms with van der Waals surface area (Å²) in [7, 11) is 0. The van der Waals surface area contributed by atoms with E-state index >= 15 is 0 Å². The predicted octanol–water partition coefficient (Wildman–Crippen LogP) is 4.89. The largest absolute Gasteiger partial charge is 0.508 e. The van der Waals surface area contributed by atoms with Gasteiger partial charge in [-0.1, -0.05) is 58.6 Å². The van der Waals surface area contributed by atoms with Crippen LogP contribution in [0.3, 0.4) is 0 Å². The van der Waals surface area contributed by atoms with E-state index in [-0.39, 0.29) is 23.4 Å². The smallest absolute Gasteiger partial charge is 0.239 e. The van der Waals surface area contributed by atoms with Crippen molar-refractivity contribution in [2.75, 3.05) is 6.54 Å². The monoisotopic (exact) mass is 422 g/mol. The maximum atomic E-state index is 13.5. The molecular weight excluding hydrogens is 388 g/mol. The molecule has 3 aliphatic rings. The number of hydrogen-bond acceptors (Lipinski definition) is 4. The van der Waals surface area contributed by atoms with Crippen LogP contribution in [0.25, 0.3) is 0 Å². The molecule has 5 nitrogen and oxygen atoms in total. The van der Waals surface area contributed by atoms with Crippen LogP contribution in [0.15, 0.2) is 40.7 Å². The van der Waals surface area contributed by atoms with E-state index in [9.17, 15) is 14.7 Å². The molecule has 31 heavy (non-hydrogen) atoms. The number of rotatable bonds is 7. The van der Waals surface area contributed by atoms with Crippen LogP contribution in [0.5, 0.6) is 5.75 Å². The van der Waals surface area contributed by atoms with Gasteiger partial charge in [0.05, 0.1) is 0 Å². The van der Waals surface area contributed by atoms with Crippen molar-refractivity contribution in [2.24, 2.45) is 28.7 Å². The van der Waals surface area contributed by atoms with Gasteiger partial charge < -0.3 is 5.11 Å². The van der Waals surface area contributed by atoms with Gasteiger partial charge in [0.15, 0.2) is 5.78 Å². The first-order valence-corrected chi connectivity index (χ1v) is 11.8. The second-order valence-corrected chi connectivity index (χ2v) is 9.79. The molecular formula is C26H34N2O3. The van der Waals surface area contributed by atoms with E-state index in [4.69, 9.17) is 4.99 Å². The van der Waals surface area contributed by atoms with E-state index in [1.54, 1.807) is 17.0 Å². The highest BCUT2D eigenvalue weighted by Gasteiger charge is 2.47. The minimum atomic E-state index is -0.596. The van der Waals surface area contributed by atoms with Crippen LogP contribution in [-0.4, -0.2) is 34.0 Å². The van der Waals surface area contributed by atoms with Gasteiger partial charge in [0.2, 0.25) is 5.91 Å². The molecule has 4 rings (SSSR count). The van der Waals surface area contributed by atoms with E-state index in [1.807, 2.05) is 19.1 Å². The SMILES string of the molecule is CCC1C(=O)C2=C(N=C(CC3CCCC3)C2Cc2ccc(O)cc2)N(CC(C)C)C1=O. The fourth-order valence-electron chi connectivity index (χ4n) is 5.36. The molecule has 0 bridgehead atoms. The van der Waals surface area contributed by atoms with Crippen molar-refractivity contribution in [2.45, 2.75) is 65.7 Å². The van der Waals surface area contributed by atoms with Crippen molar-refractivity contribution in [1.29, 1.82) is 0 Å². The summed E-state index contributed by atoms with van der Waals surface area (Å²) in [6.45, 7) is 6.70. The maximum absolute atomic E-state index is 13.5. The predicted molar refractivity (Wildman–Crippen MR) is 122 cm³/mol. The first-order valence-electron chi connectivity index (χ1n) is 11.8. The summed E-state index contributed by atoms with van der Waals surface area (Å²) in [5, 5.41) is 9.67. The number of carbonyl (C=O) groups excluding carboxylic acids is 2. The van der Waals surface area contributed by atoms with Crippen LogP contribution in [0.2, 0.25) is 0 Å². The Morgan fingerprint density at radius 1 is 1.06 bits per heavy atom. The van der Waals surface area contributed by atoms with Crippen LogP contribution in [0.4, 0.5) is 0 Å². The van der Waals surface area contributed by atoms with Gasteiger partial charge in [-0.2, -0.15) is 0 Å². The summed E-state index contributed by atoms with van der Waals surface area (Å²) in [4.78, 5) is 33.5. The topological polar surface area (TPSA) is 70.0 Å². The summed E-state index contributed by atoms with van der Waals surface area (Å²) in [6, 6.07) is 7.23. The number of ketones is 1. The molecule has 1 saturated carbocycles. The zero-order valence-corrected chi connectivity index (χ0v) is 18.9. The molecule has 5 heteroatoms. The molecule has 2 aliphatic heterocycles. The Labute approximate surface area is 185 Å². The van der Waals surface area contributed by atoms with E-state index in [1.165, 1.54) is 25.7 Å². The van der Waals surface area contributed by atoms with E-state index in [0.717, 1.165) is 23.3 Å². The highest BCUT2D eigenvalue weighted by atomic mass is 16.3. The maximum Gasteiger partial charge on any atom is 0.239 e. The normalized spacial score (nSPS) is 24.4. The average molecular weight is 423 g/mol. The average Bonchev–Trinajstić information content (AvgIpc) is 3.36. The number of phenolic OH excluding ortho intramolecular Hbond substituents is 1. The third-order valence-electron chi connectivity index (χ3n) is 6.95. The lowest BCUT2D eigenvalue weighted by Crippen LogP contribution is -2.46. The van der Waals surface area contributed by atoms with Crippen LogP contribution in [0.1, 0.15) is 64.9 Å². The van der Waals surface area contributed by atoms with Gasteiger partial charge in [-0.25, -0.2) is 4.99 Å². The lowest BCUT2D eigenvalue weighted by atomic mass is 9.78. The van der Waals surface area contributed by atoms with Gasteiger partial charge in [0.25, 0.3) is 0 Å². The minimum absolute atomic E-state index is 0.0311. The molecule has 1 aromatic rings. The summed E-state index contributed by atoms with van der Waals surface area (Å²) in [6.07, 6.45) is 7.07. The highest BCUT2D eigenvalue weighted by Crippen LogP contribution is 2.41. The summed E-state index contributed by atoms with van der Waals surface area (Å²) in [5.74, 6) is 0.978. The molecule has 166 valence electrons. The van der Waals surface area contributed by atoms with Gasteiger partial charge in [-0.05, 0) is 48.8 Å². The number of hydrogen-bond donors (Lipinski definition) is 1. The molecule has 1 fully saturated rings. The lowest BCUT2D eigenvalue weighted by molar-refractivity contribution is -0.141. The number of nitrogens with zero attached hydrogens (tertiary/aromatic N) is 2. The quantitative estimate of drug-likeness (QED) is 0.636. The Kier molecular flexibility index (Phi) is 6.31. The number of phenols is 1. The van der Waals surface area contributed by atoms with Crippen LogP contribution in [0, 0.1) is 23.7 Å². The van der Waals surface area contributed by atoms with Crippen molar-refractivity contribution in [3.05, 3.63) is 41.2 Å². The number of aliphatic imine (C=N–C) groups is 1. The molecule has 0 saturated heterocycles. The second-order valence-electron chi connectivity index (χ2n) is 9.79.